The second-order valence-electron chi connectivity index (χ2n) is 4.67. The Bertz CT molecular complexity index is 521. The average Bonchev–Trinajstić information content (AvgIpc) is 2.29. The number of para-hydroxylation sites is 2. The average molecular weight is 272 g/mol. The summed E-state index contributed by atoms with van der Waals surface area (Å²) >= 11 is 0. The summed E-state index contributed by atoms with van der Waals surface area (Å²) in [6.45, 7) is 6.68. The predicted molar refractivity (Wildman–Crippen MR) is 82.6 cm³/mol. The highest BCUT2D eigenvalue weighted by atomic mass is 16.1. The molecule has 0 atom stereocenters. The van der Waals surface area contributed by atoms with E-state index in [2.05, 4.69) is 10.6 Å². The van der Waals surface area contributed by atoms with E-state index >= 15 is 0 Å². The number of ketones is 2. The Balaban J connectivity index is 2.94. The maximum atomic E-state index is 11.0. The lowest BCUT2D eigenvalue weighted by Gasteiger charge is -2.14. The normalized spacial score (nSPS) is 12.0. The molecule has 0 aliphatic heterocycles. The van der Waals surface area contributed by atoms with E-state index < -0.39 is 0 Å². The Kier molecular flexibility index (Phi) is 5.72. The molecule has 106 valence electrons. The van der Waals surface area contributed by atoms with E-state index in [9.17, 15) is 9.59 Å². The third kappa shape index (κ3) is 5.52. The molecule has 0 aliphatic carbocycles. The first-order chi connectivity index (χ1) is 9.38. The largest absolute Gasteiger partial charge is 0.357 e. The van der Waals surface area contributed by atoms with Gasteiger partial charge in [-0.1, -0.05) is 12.1 Å². The van der Waals surface area contributed by atoms with Crippen LogP contribution in [0.1, 0.15) is 27.7 Å². The second kappa shape index (κ2) is 7.28. The first-order valence-electron chi connectivity index (χ1n) is 6.39. The smallest absolute Gasteiger partial charge is 0.154 e. The van der Waals surface area contributed by atoms with Crippen LogP contribution in [0.3, 0.4) is 0 Å². The quantitative estimate of drug-likeness (QED) is 0.778. The molecule has 20 heavy (non-hydrogen) atoms. The van der Waals surface area contributed by atoms with Crippen LogP contribution in [0.5, 0.6) is 0 Å². The summed E-state index contributed by atoms with van der Waals surface area (Å²) in [6.07, 6.45) is 3.07. The van der Waals surface area contributed by atoms with Gasteiger partial charge in [0.15, 0.2) is 11.6 Å². The molecular weight excluding hydrogens is 252 g/mol. The zero-order chi connectivity index (χ0) is 15.1. The van der Waals surface area contributed by atoms with Crippen molar-refractivity contribution in [1.29, 1.82) is 0 Å². The summed E-state index contributed by atoms with van der Waals surface area (Å²) in [6, 6.07) is 7.61. The number of anilines is 2. The molecule has 0 radical (unpaired) electrons. The lowest BCUT2D eigenvalue weighted by molar-refractivity contribution is -0.113. The number of nitrogens with one attached hydrogen (secondary N) is 2. The minimum atomic E-state index is -0.00639. The van der Waals surface area contributed by atoms with Crippen molar-refractivity contribution >= 4 is 22.9 Å². The second-order valence-corrected chi connectivity index (χ2v) is 4.67. The van der Waals surface area contributed by atoms with E-state index in [1.54, 1.807) is 0 Å². The summed E-state index contributed by atoms with van der Waals surface area (Å²) in [7, 11) is 0. The van der Waals surface area contributed by atoms with E-state index in [0.717, 1.165) is 22.8 Å². The van der Waals surface area contributed by atoms with Gasteiger partial charge in [-0.3, -0.25) is 9.59 Å². The van der Waals surface area contributed by atoms with Crippen LogP contribution in [0.25, 0.3) is 0 Å². The fraction of sp³-hybridized carbons (Fsp3) is 0.250. The maximum absolute atomic E-state index is 11.0. The monoisotopic (exact) mass is 272 g/mol. The van der Waals surface area contributed by atoms with Crippen LogP contribution >= 0.6 is 0 Å². The fourth-order valence-electron chi connectivity index (χ4n) is 1.81. The van der Waals surface area contributed by atoms with Gasteiger partial charge in [-0.25, -0.2) is 0 Å². The predicted octanol–water partition coefficient (Wildman–Crippen LogP) is 3.50. The molecule has 0 amide bonds. The molecule has 0 unspecified atom stereocenters. The van der Waals surface area contributed by atoms with Crippen LogP contribution < -0.4 is 10.6 Å². The van der Waals surface area contributed by atoms with Gasteiger partial charge in [0.2, 0.25) is 0 Å². The maximum Gasteiger partial charge on any atom is 0.154 e. The lowest BCUT2D eigenvalue weighted by Crippen LogP contribution is -2.04. The molecule has 1 rings (SSSR count). The number of hydrogen-bond donors (Lipinski definition) is 2. The van der Waals surface area contributed by atoms with Gasteiger partial charge < -0.3 is 10.6 Å². The molecule has 0 saturated carbocycles. The van der Waals surface area contributed by atoms with Crippen molar-refractivity contribution in [2.45, 2.75) is 27.7 Å². The molecule has 0 heterocycles. The van der Waals surface area contributed by atoms with Crippen LogP contribution in [-0.2, 0) is 9.59 Å². The van der Waals surface area contributed by atoms with E-state index in [0.29, 0.717) is 0 Å². The van der Waals surface area contributed by atoms with Gasteiger partial charge >= 0.3 is 0 Å². The lowest BCUT2D eigenvalue weighted by atomic mass is 10.2. The highest BCUT2D eigenvalue weighted by Gasteiger charge is 2.03. The van der Waals surface area contributed by atoms with Crippen LogP contribution in [0, 0.1) is 0 Å². The number of hydrogen-bond acceptors (Lipinski definition) is 4. The van der Waals surface area contributed by atoms with Crippen LogP contribution in [-0.4, -0.2) is 11.6 Å². The first-order valence-corrected chi connectivity index (χ1v) is 6.39. The van der Waals surface area contributed by atoms with Crippen molar-refractivity contribution in [3.8, 4) is 0 Å². The molecule has 0 spiro atoms. The molecule has 1 aromatic rings. The molecule has 0 saturated heterocycles. The van der Waals surface area contributed by atoms with Crippen molar-refractivity contribution in [2.75, 3.05) is 10.6 Å². The highest BCUT2D eigenvalue weighted by molar-refractivity contribution is 5.89. The van der Waals surface area contributed by atoms with E-state index in [4.69, 9.17) is 0 Å². The van der Waals surface area contributed by atoms with Gasteiger partial charge in [-0.15, -0.1) is 0 Å². The Morgan fingerprint density at radius 2 is 1.15 bits per heavy atom. The minimum Gasteiger partial charge on any atom is -0.357 e. The van der Waals surface area contributed by atoms with Gasteiger partial charge in [-0.2, -0.15) is 0 Å². The van der Waals surface area contributed by atoms with Gasteiger partial charge in [0, 0.05) is 11.4 Å². The standard InChI is InChI=1S/C16H20N2O2/c1-11(9-13(3)19)17-15-7-5-6-8-16(15)18-12(2)10-14(4)20/h5-10,17-18H,1-4H3/b11-9+,12-10+. The van der Waals surface area contributed by atoms with Crippen LogP contribution in [0.4, 0.5) is 11.4 Å². The summed E-state index contributed by atoms with van der Waals surface area (Å²) in [5.41, 5.74) is 3.22. The molecule has 2 N–H and O–H groups in total. The molecular formula is C16H20N2O2. The molecule has 1 aromatic carbocycles. The summed E-state index contributed by atoms with van der Waals surface area (Å²) in [5, 5.41) is 6.33. The van der Waals surface area contributed by atoms with Gasteiger partial charge in [0.25, 0.3) is 0 Å². The zero-order valence-electron chi connectivity index (χ0n) is 12.3. The van der Waals surface area contributed by atoms with E-state index in [1.165, 1.54) is 26.0 Å². The number of benzene rings is 1. The Labute approximate surface area is 119 Å². The van der Waals surface area contributed by atoms with E-state index in [1.807, 2.05) is 38.1 Å². The summed E-state index contributed by atoms with van der Waals surface area (Å²) in [5.74, 6) is -0.0128. The van der Waals surface area contributed by atoms with Crippen molar-refractivity contribution < 1.29 is 9.59 Å². The van der Waals surface area contributed by atoms with Crippen molar-refractivity contribution in [3.63, 3.8) is 0 Å². The molecule has 4 nitrogen and oxygen atoms in total. The number of carbonyl (C=O) groups is 2. The first kappa shape index (κ1) is 15.7. The van der Waals surface area contributed by atoms with Crippen molar-refractivity contribution in [2.24, 2.45) is 0 Å². The van der Waals surface area contributed by atoms with Gasteiger partial charge in [-0.05, 0) is 52.0 Å². The van der Waals surface area contributed by atoms with Crippen molar-refractivity contribution in [3.05, 3.63) is 47.8 Å². The number of carbonyl (C=O) groups excluding carboxylic acids is 2. The Hall–Kier alpha value is -2.36. The topological polar surface area (TPSA) is 58.2 Å². The van der Waals surface area contributed by atoms with Crippen LogP contribution in [0.2, 0.25) is 0 Å². The highest BCUT2D eigenvalue weighted by Crippen LogP contribution is 2.23. The Morgan fingerprint density at radius 3 is 1.45 bits per heavy atom. The van der Waals surface area contributed by atoms with Crippen molar-refractivity contribution in [1.82, 2.24) is 0 Å². The summed E-state index contributed by atoms with van der Waals surface area (Å²) < 4.78 is 0. The Morgan fingerprint density at radius 1 is 0.800 bits per heavy atom. The van der Waals surface area contributed by atoms with Gasteiger partial charge in [0.1, 0.15) is 0 Å². The van der Waals surface area contributed by atoms with Crippen LogP contribution in [0.15, 0.2) is 47.8 Å². The number of allylic oxidation sites excluding steroid dienone is 4. The minimum absolute atomic E-state index is 0.00639. The SMILES string of the molecule is CC(=O)/C=C(\C)Nc1ccccc1N/C(C)=C/C(C)=O. The number of rotatable bonds is 6. The fourth-order valence-corrected chi connectivity index (χ4v) is 1.81. The molecule has 0 fully saturated rings. The summed E-state index contributed by atoms with van der Waals surface area (Å²) in [4.78, 5) is 22.1. The molecule has 0 aliphatic rings. The third-order valence-electron chi connectivity index (χ3n) is 2.43. The molecule has 0 aromatic heterocycles. The molecule has 0 bridgehead atoms. The molecule has 4 heteroatoms. The van der Waals surface area contributed by atoms with Gasteiger partial charge in [0.05, 0.1) is 11.4 Å². The van der Waals surface area contributed by atoms with E-state index in [-0.39, 0.29) is 11.6 Å². The zero-order valence-corrected chi connectivity index (χ0v) is 12.3. The third-order valence-corrected chi connectivity index (χ3v) is 2.43.